The number of carbonyl (C=O) groups is 1. The number of alkyl halides is 2. The van der Waals surface area contributed by atoms with E-state index in [2.05, 4.69) is 5.32 Å². The van der Waals surface area contributed by atoms with Crippen LogP contribution in [0.1, 0.15) is 13.3 Å². The molecule has 0 aromatic heterocycles. The van der Waals surface area contributed by atoms with Crippen LogP contribution >= 0.6 is 0 Å². The lowest BCUT2D eigenvalue weighted by Gasteiger charge is -1.98. The Bertz CT molecular complexity index is 149. The second-order valence-electron chi connectivity index (χ2n) is 2.54. The molecule has 1 saturated carbocycles. The van der Waals surface area contributed by atoms with Gasteiger partial charge in [-0.15, -0.1) is 0 Å². The molecule has 2 atom stereocenters. The van der Waals surface area contributed by atoms with Crippen LogP contribution in [0.2, 0.25) is 0 Å². The van der Waals surface area contributed by atoms with Crippen LogP contribution < -0.4 is 5.32 Å². The highest BCUT2D eigenvalue weighted by molar-refractivity contribution is 5.73. The number of hydrogen-bond acceptors (Lipinski definition) is 1. The fourth-order valence-electron chi connectivity index (χ4n) is 0.920. The van der Waals surface area contributed by atoms with Gasteiger partial charge in [-0.25, -0.2) is 8.78 Å². The molecule has 0 radical (unpaired) electrons. The van der Waals surface area contributed by atoms with Crippen LogP contribution in [0.15, 0.2) is 0 Å². The van der Waals surface area contributed by atoms with E-state index in [1.807, 2.05) is 0 Å². The number of halogens is 2. The third kappa shape index (κ3) is 1.65. The highest BCUT2D eigenvalue weighted by Gasteiger charge is 2.44. The van der Waals surface area contributed by atoms with Crippen molar-refractivity contribution in [2.45, 2.75) is 25.8 Å². The van der Waals surface area contributed by atoms with Crippen LogP contribution in [-0.4, -0.2) is 18.4 Å². The molecule has 0 aromatic rings. The number of amides is 1. The Hall–Kier alpha value is -0.670. The van der Waals surface area contributed by atoms with Crippen molar-refractivity contribution in [1.29, 1.82) is 0 Å². The van der Waals surface area contributed by atoms with E-state index in [0.717, 1.165) is 0 Å². The normalized spacial score (nSPS) is 30.4. The fourth-order valence-corrected chi connectivity index (χ4v) is 0.920. The zero-order valence-electron chi connectivity index (χ0n) is 5.60. The zero-order valence-corrected chi connectivity index (χ0v) is 5.60. The smallest absolute Gasteiger partial charge is 0.243 e. The molecule has 0 heterocycles. The van der Waals surface area contributed by atoms with E-state index in [-0.39, 0.29) is 11.9 Å². The molecule has 4 heteroatoms. The van der Waals surface area contributed by atoms with E-state index in [4.69, 9.17) is 0 Å². The van der Waals surface area contributed by atoms with Crippen molar-refractivity contribution >= 4 is 5.91 Å². The van der Waals surface area contributed by atoms with Crippen LogP contribution in [0.5, 0.6) is 0 Å². The molecule has 1 unspecified atom stereocenters. The van der Waals surface area contributed by atoms with Crippen molar-refractivity contribution in [2.24, 2.45) is 5.92 Å². The number of carbonyl (C=O) groups excluding carboxylic acids is 1. The summed E-state index contributed by atoms with van der Waals surface area (Å²) in [4.78, 5) is 10.3. The minimum absolute atomic E-state index is 0.229. The zero-order chi connectivity index (χ0) is 7.72. The van der Waals surface area contributed by atoms with Gasteiger partial charge in [-0.3, -0.25) is 4.79 Å². The molecular formula is C6H9F2NO. The van der Waals surface area contributed by atoms with Crippen molar-refractivity contribution in [3.63, 3.8) is 0 Å². The van der Waals surface area contributed by atoms with Gasteiger partial charge >= 0.3 is 0 Å². The lowest BCUT2D eigenvalue weighted by molar-refractivity contribution is -0.119. The second kappa shape index (κ2) is 2.52. The Kier molecular flexibility index (Phi) is 1.87. The topological polar surface area (TPSA) is 29.1 Å². The molecular weight excluding hydrogens is 140 g/mol. The highest BCUT2D eigenvalue weighted by Crippen LogP contribution is 2.35. The molecule has 1 aliphatic rings. The summed E-state index contributed by atoms with van der Waals surface area (Å²) in [5, 5.41) is 2.43. The van der Waals surface area contributed by atoms with E-state index in [9.17, 15) is 13.6 Å². The molecule has 1 aliphatic carbocycles. The highest BCUT2D eigenvalue weighted by atomic mass is 19.3. The lowest BCUT2D eigenvalue weighted by atomic mass is 10.4. The SMILES string of the molecule is CC(=O)NC1C[C@H]1C(F)F. The summed E-state index contributed by atoms with van der Waals surface area (Å²) in [6.07, 6.45) is -1.85. The van der Waals surface area contributed by atoms with Gasteiger partial charge < -0.3 is 5.32 Å². The first-order chi connectivity index (χ1) is 4.61. The lowest BCUT2D eigenvalue weighted by Crippen LogP contribution is -2.24. The van der Waals surface area contributed by atoms with Crippen molar-refractivity contribution in [3.8, 4) is 0 Å². The third-order valence-electron chi connectivity index (χ3n) is 1.55. The van der Waals surface area contributed by atoms with Crippen molar-refractivity contribution in [3.05, 3.63) is 0 Å². The van der Waals surface area contributed by atoms with Crippen LogP contribution in [0, 0.1) is 5.92 Å². The maximum atomic E-state index is 11.8. The van der Waals surface area contributed by atoms with E-state index < -0.39 is 12.3 Å². The first kappa shape index (κ1) is 7.44. The summed E-state index contributed by atoms with van der Waals surface area (Å²) in [5.74, 6) is -0.822. The van der Waals surface area contributed by atoms with Crippen molar-refractivity contribution in [2.75, 3.05) is 0 Å². The second-order valence-corrected chi connectivity index (χ2v) is 2.54. The predicted molar refractivity (Wildman–Crippen MR) is 31.7 cm³/mol. The monoisotopic (exact) mass is 149 g/mol. The van der Waals surface area contributed by atoms with Gasteiger partial charge in [-0.2, -0.15) is 0 Å². The van der Waals surface area contributed by atoms with Gasteiger partial charge in [0.2, 0.25) is 12.3 Å². The van der Waals surface area contributed by atoms with Gasteiger partial charge in [-0.05, 0) is 6.42 Å². The molecule has 0 bridgehead atoms. The Morgan fingerprint density at radius 2 is 2.30 bits per heavy atom. The van der Waals surface area contributed by atoms with Gasteiger partial charge in [-0.1, -0.05) is 0 Å². The Morgan fingerprint density at radius 1 is 1.70 bits per heavy atom. The van der Waals surface area contributed by atoms with Gasteiger partial charge in [0, 0.05) is 18.9 Å². The summed E-state index contributed by atoms with van der Waals surface area (Å²) in [6.45, 7) is 1.33. The molecule has 2 nitrogen and oxygen atoms in total. The average molecular weight is 149 g/mol. The van der Waals surface area contributed by atoms with Crippen molar-refractivity contribution in [1.82, 2.24) is 5.32 Å². The Morgan fingerprint density at radius 3 is 2.60 bits per heavy atom. The molecule has 0 saturated heterocycles. The molecule has 1 amide bonds. The van der Waals surface area contributed by atoms with Crippen LogP contribution in [0.25, 0.3) is 0 Å². The maximum Gasteiger partial charge on any atom is 0.243 e. The number of hydrogen-bond donors (Lipinski definition) is 1. The quantitative estimate of drug-likeness (QED) is 0.617. The van der Waals surface area contributed by atoms with Crippen molar-refractivity contribution < 1.29 is 13.6 Å². The Balaban J connectivity index is 2.19. The predicted octanol–water partition coefficient (Wildman–Crippen LogP) is 0.776. The minimum Gasteiger partial charge on any atom is -0.353 e. The summed E-state index contributed by atoms with van der Waals surface area (Å²) in [5.41, 5.74) is 0. The van der Waals surface area contributed by atoms with E-state index in [0.29, 0.717) is 6.42 Å². The van der Waals surface area contributed by atoms with Crippen LogP contribution in [-0.2, 0) is 4.79 Å². The molecule has 10 heavy (non-hydrogen) atoms. The van der Waals surface area contributed by atoms with E-state index in [1.165, 1.54) is 6.92 Å². The summed E-state index contributed by atoms with van der Waals surface area (Å²) in [7, 11) is 0. The molecule has 0 aliphatic heterocycles. The molecule has 58 valence electrons. The van der Waals surface area contributed by atoms with E-state index >= 15 is 0 Å². The summed E-state index contributed by atoms with van der Waals surface area (Å²) >= 11 is 0. The van der Waals surface area contributed by atoms with Gasteiger partial charge in [0.1, 0.15) is 0 Å². The molecule has 0 spiro atoms. The van der Waals surface area contributed by atoms with Gasteiger partial charge in [0.15, 0.2) is 0 Å². The van der Waals surface area contributed by atoms with E-state index in [1.54, 1.807) is 0 Å². The minimum atomic E-state index is -2.28. The molecule has 1 N–H and O–H groups in total. The average Bonchev–Trinajstić information content (AvgIpc) is 2.43. The fraction of sp³-hybridized carbons (Fsp3) is 0.833. The molecule has 1 rings (SSSR count). The van der Waals surface area contributed by atoms with Crippen LogP contribution in [0.4, 0.5) is 8.78 Å². The number of rotatable bonds is 2. The van der Waals surface area contributed by atoms with Crippen LogP contribution in [0.3, 0.4) is 0 Å². The standard InChI is InChI=1S/C6H9F2NO/c1-3(10)9-5-2-4(5)6(7)8/h4-6H,2H2,1H3,(H,9,10)/t4-,5?/m1/s1. The summed E-state index contributed by atoms with van der Waals surface area (Å²) in [6, 6.07) is -0.266. The van der Waals surface area contributed by atoms with Gasteiger partial charge in [0.05, 0.1) is 0 Å². The third-order valence-corrected chi connectivity index (χ3v) is 1.55. The summed E-state index contributed by atoms with van der Waals surface area (Å²) < 4.78 is 23.5. The first-order valence-corrected chi connectivity index (χ1v) is 3.16. The maximum absolute atomic E-state index is 11.8. The molecule has 1 fully saturated rings. The number of nitrogens with one attached hydrogen (secondary N) is 1. The van der Waals surface area contributed by atoms with Gasteiger partial charge in [0.25, 0.3) is 0 Å². The largest absolute Gasteiger partial charge is 0.353 e. The first-order valence-electron chi connectivity index (χ1n) is 3.16. The molecule has 0 aromatic carbocycles. The Labute approximate surface area is 57.6 Å².